The molecule has 0 saturated carbocycles. The van der Waals surface area contributed by atoms with E-state index in [1.165, 1.54) is 0 Å². The van der Waals surface area contributed by atoms with Crippen LogP contribution in [0.15, 0.2) is 28.2 Å². The zero-order valence-electron chi connectivity index (χ0n) is 12.5. The number of nitrogens with zero attached hydrogens (tertiary/aromatic N) is 5. The monoisotopic (exact) mass is 396 g/mol. The third kappa shape index (κ3) is 3.37. The number of aliphatic imine (C=N–C) groups is 1. The summed E-state index contributed by atoms with van der Waals surface area (Å²) >= 11 is 5.21. The van der Waals surface area contributed by atoms with E-state index in [0.29, 0.717) is 6.04 Å². The molecule has 122 valence electrons. The van der Waals surface area contributed by atoms with Crippen molar-refractivity contribution in [2.45, 2.75) is 6.04 Å². The Morgan fingerprint density at radius 2 is 2.22 bits per heavy atom. The van der Waals surface area contributed by atoms with E-state index in [1.807, 2.05) is 10.6 Å². The molecular formula is C14H17BrN6OS. The number of rotatable bonds is 3. The van der Waals surface area contributed by atoms with Gasteiger partial charge < -0.3 is 10.1 Å². The quantitative estimate of drug-likeness (QED) is 0.851. The standard InChI is InChI=1S/C14H17BrN6OS/c15-11-7-17-12(13-16-1-2-21(11)13)19-14-18-10(9-23-14)8-20-3-5-22-6-4-20/h1-2,7,10H,3-6,8-9H2,(H,17,18,19). The summed E-state index contributed by atoms with van der Waals surface area (Å²) in [6.45, 7) is 4.66. The third-order valence-electron chi connectivity index (χ3n) is 3.89. The van der Waals surface area contributed by atoms with Crippen molar-refractivity contribution in [3.63, 3.8) is 0 Å². The molecular weight excluding hydrogens is 380 g/mol. The Labute approximate surface area is 146 Å². The van der Waals surface area contributed by atoms with Gasteiger partial charge in [0.15, 0.2) is 16.6 Å². The fourth-order valence-electron chi connectivity index (χ4n) is 2.74. The van der Waals surface area contributed by atoms with Gasteiger partial charge in [-0.05, 0) is 15.9 Å². The van der Waals surface area contributed by atoms with Crippen LogP contribution in [0.5, 0.6) is 0 Å². The van der Waals surface area contributed by atoms with Crippen LogP contribution in [0.4, 0.5) is 5.82 Å². The van der Waals surface area contributed by atoms with Crippen LogP contribution in [0.3, 0.4) is 0 Å². The second-order valence-corrected chi connectivity index (χ2v) is 7.31. The van der Waals surface area contributed by atoms with E-state index >= 15 is 0 Å². The van der Waals surface area contributed by atoms with Crippen LogP contribution >= 0.6 is 27.7 Å². The van der Waals surface area contributed by atoms with Gasteiger partial charge in [0.2, 0.25) is 0 Å². The van der Waals surface area contributed by atoms with Gasteiger partial charge in [-0.2, -0.15) is 0 Å². The highest BCUT2D eigenvalue weighted by molar-refractivity contribution is 9.10. The number of fused-ring (bicyclic) bond motifs is 1. The Balaban J connectivity index is 1.45. The van der Waals surface area contributed by atoms with E-state index in [-0.39, 0.29) is 0 Å². The number of amidine groups is 1. The van der Waals surface area contributed by atoms with Crippen molar-refractivity contribution < 1.29 is 4.74 Å². The molecule has 2 aromatic rings. The normalized spacial score (nSPS) is 22.5. The van der Waals surface area contributed by atoms with Crippen LogP contribution in [0.2, 0.25) is 0 Å². The summed E-state index contributed by atoms with van der Waals surface area (Å²) in [7, 11) is 0. The zero-order valence-corrected chi connectivity index (χ0v) is 14.9. The predicted octanol–water partition coefficient (Wildman–Crippen LogP) is 1.71. The molecule has 2 aliphatic rings. The summed E-state index contributed by atoms with van der Waals surface area (Å²) in [5.41, 5.74) is 0.791. The Hall–Kier alpha value is -1.16. The van der Waals surface area contributed by atoms with Crippen molar-refractivity contribution >= 4 is 44.3 Å². The fraction of sp³-hybridized carbons (Fsp3) is 0.500. The molecule has 7 nitrogen and oxygen atoms in total. The first kappa shape index (κ1) is 15.4. The number of hydrogen-bond donors (Lipinski definition) is 1. The van der Waals surface area contributed by atoms with E-state index in [2.05, 4.69) is 36.1 Å². The molecule has 0 aliphatic carbocycles. The lowest BCUT2D eigenvalue weighted by Crippen LogP contribution is -2.40. The molecule has 4 rings (SSSR count). The fourth-order valence-corrected chi connectivity index (χ4v) is 4.05. The van der Waals surface area contributed by atoms with E-state index in [4.69, 9.17) is 9.73 Å². The molecule has 2 aliphatic heterocycles. The van der Waals surface area contributed by atoms with Crippen molar-refractivity contribution in [2.75, 3.05) is 43.9 Å². The van der Waals surface area contributed by atoms with Crippen LogP contribution in [0.1, 0.15) is 0 Å². The van der Waals surface area contributed by atoms with Gasteiger partial charge in [-0.15, -0.1) is 0 Å². The summed E-state index contributed by atoms with van der Waals surface area (Å²) in [5.74, 6) is 1.73. The Kier molecular flexibility index (Phi) is 4.52. The number of thioether (sulfide) groups is 1. The molecule has 1 saturated heterocycles. The smallest absolute Gasteiger partial charge is 0.181 e. The lowest BCUT2D eigenvalue weighted by molar-refractivity contribution is 0.0364. The Morgan fingerprint density at radius 1 is 1.35 bits per heavy atom. The second-order valence-electron chi connectivity index (χ2n) is 5.49. The minimum Gasteiger partial charge on any atom is -0.379 e. The van der Waals surface area contributed by atoms with E-state index in [9.17, 15) is 0 Å². The third-order valence-corrected chi connectivity index (χ3v) is 5.51. The molecule has 2 aromatic heterocycles. The molecule has 0 amide bonds. The molecule has 23 heavy (non-hydrogen) atoms. The lowest BCUT2D eigenvalue weighted by atomic mass is 10.3. The molecule has 9 heteroatoms. The van der Waals surface area contributed by atoms with Crippen molar-refractivity contribution in [1.82, 2.24) is 19.3 Å². The first-order valence-electron chi connectivity index (χ1n) is 7.55. The average molecular weight is 397 g/mol. The molecule has 0 spiro atoms. The minimum absolute atomic E-state index is 0.326. The van der Waals surface area contributed by atoms with Gasteiger partial charge >= 0.3 is 0 Å². The summed E-state index contributed by atoms with van der Waals surface area (Å²) in [4.78, 5) is 16.0. The summed E-state index contributed by atoms with van der Waals surface area (Å²) < 4.78 is 8.21. The van der Waals surface area contributed by atoms with Gasteiger partial charge in [0.05, 0.1) is 25.5 Å². The van der Waals surface area contributed by atoms with Crippen LogP contribution in [0.25, 0.3) is 5.65 Å². The lowest BCUT2D eigenvalue weighted by Gasteiger charge is -2.27. The van der Waals surface area contributed by atoms with E-state index in [1.54, 1.807) is 24.2 Å². The maximum Gasteiger partial charge on any atom is 0.181 e. The average Bonchev–Trinajstić information content (AvgIpc) is 3.21. The number of hydrogen-bond acceptors (Lipinski definition) is 7. The molecule has 1 N–H and O–H groups in total. The number of imidazole rings is 1. The maximum atomic E-state index is 5.39. The van der Waals surface area contributed by atoms with Crippen LogP contribution in [-0.4, -0.2) is 69.1 Å². The Bertz CT molecular complexity index is 729. The number of nitrogens with one attached hydrogen (secondary N) is 1. The highest BCUT2D eigenvalue weighted by atomic mass is 79.9. The number of halogens is 1. The van der Waals surface area contributed by atoms with Crippen molar-refractivity contribution in [3.8, 4) is 0 Å². The van der Waals surface area contributed by atoms with Crippen LogP contribution in [-0.2, 0) is 4.74 Å². The topological polar surface area (TPSA) is 67.0 Å². The molecule has 1 unspecified atom stereocenters. The summed E-state index contributed by atoms with van der Waals surface area (Å²) in [6, 6.07) is 0.326. The largest absolute Gasteiger partial charge is 0.379 e. The molecule has 0 aromatic carbocycles. The summed E-state index contributed by atoms with van der Waals surface area (Å²) in [5, 5.41) is 4.24. The second kappa shape index (κ2) is 6.76. The van der Waals surface area contributed by atoms with Gasteiger partial charge in [-0.1, -0.05) is 11.8 Å². The van der Waals surface area contributed by atoms with Crippen LogP contribution in [0, 0.1) is 0 Å². The van der Waals surface area contributed by atoms with Gasteiger partial charge in [0, 0.05) is 37.8 Å². The molecule has 0 bridgehead atoms. The van der Waals surface area contributed by atoms with E-state index < -0.39 is 0 Å². The summed E-state index contributed by atoms with van der Waals surface area (Å²) in [6.07, 6.45) is 5.43. The maximum absolute atomic E-state index is 5.39. The predicted molar refractivity (Wildman–Crippen MR) is 95.2 cm³/mol. The molecule has 0 radical (unpaired) electrons. The highest BCUT2D eigenvalue weighted by Crippen LogP contribution is 2.23. The zero-order chi connectivity index (χ0) is 15.6. The first-order chi connectivity index (χ1) is 11.3. The molecule has 1 atom stereocenters. The van der Waals surface area contributed by atoms with Gasteiger partial charge in [-0.3, -0.25) is 14.3 Å². The van der Waals surface area contributed by atoms with Gasteiger partial charge in [-0.25, -0.2) is 9.97 Å². The number of ether oxygens (including phenoxy) is 1. The van der Waals surface area contributed by atoms with E-state index in [0.717, 1.165) is 59.8 Å². The molecule has 4 heterocycles. The number of aromatic nitrogens is 3. The minimum atomic E-state index is 0.326. The Morgan fingerprint density at radius 3 is 3.09 bits per heavy atom. The first-order valence-corrected chi connectivity index (χ1v) is 9.33. The number of morpholine rings is 1. The number of anilines is 1. The van der Waals surface area contributed by atoms with Crippen molar-refractivity contribution in [2.24, 2.45) is 4.99 Å². The van der Waals surface area contributed by atoms with Crippen molar-refractivity contribution in [1.29, 1.82) is 0 Å². The SMILES string of the molecule is Brc1cnc(NC2=NC(CN3CCOCC3)CS2)c2nccn12. The van der Waals surface area contributed by atoms with Gasteiger partial charge in [0.25, 0.3) is 0 Å². The van der Waals surface area contributed by atoms with Gasteiger partial charge in [0.1, 0.15) is 4.60 Å². The molecule has 1 fully saturated rings. The van der Waals surface area contributed by atoms with Crippen molar-refractivity contribution in [3.05, 3.63) is 23.2 Å². The highest BCUT2D eigenvalue weighted by Gasteiger charge is 2.23. The van der Waals surface area contributed by atoms with Crippen LogP contribution < -0.4 is 5.32 Å².